The molecule has 1 saturated heterocycles. The molecule has 1 N–H and O–H groups in total. The fourth-order valence-electron chi connectivity index (χ4n) is 2.49. The van der Waals surface area contributed by atoms with E-state index in [0.717, 1.165) is 47.6 Å². The Morgan fingerprint density at radius 3 is 2.52 bits per heavy atom. The van der Waals surface area contributed by atoms with Gasteiger partial charge in [0.05, 0.1) is 0 Å². The summed E-state index contributed by atoms with van der Waals surface area (Å²) >= 11 is 1.71. The summed E-state index contributed by atoms with van der Waals surface area (Å²) in [6.07, 6.45) is 5.52. The lowest BCUT2D eigenvalue weighted by Crippen LogP contribution is -2.47. The Morgan fingerprint density at radius 1 is 1.00 bits per heavy atom. The molecular weight excluding hydrogens is 284 g/mol. The molecule has 3 aromatic heterocycles. The average molecular weight is 299 g/mol. The van der Waals surface area contributed by atoms with Crippen LogP contribution in [0.5, 0.6) is 0 Å². The van der Waals surface area contributed by atoms with E-state index in [9.17, 15) is 0 Å². The van der Waals surface area contributed by atoms with E-state index in [0.29, 0.717) is 0 Å². The predicted octanol–water partition coefficient (Wildman–Crippen LogP) is 1.23. The molecule has 0 bridgehead atoms. The van der Waals surface area contributed by atoms with Crippen molar-refractivity contribution in [3.8, 4) is 0 Å². The molecule has 1 aliphatic rings. The fraction of sp³-hybridized carbons (Fsp3) is 0.286. The first-order chi connectivity index (χ1) is 10.4. The molecule has 0 saturated carbocycles. The van der Waals surface area contributed by atoms with Crippen LogP contribution in [0.15, 0.2) is 36.8 Å². The second kappa shape index (κ2) is 5.25. The van der Waals surface area contributed by atoms with Crippen LogP contribution in [0.4, 0.5) is 11.1 Å². The topological polar surface area (TPSA) is 59.3 Å². The third-order valence-corrected chi connectivity index (χ3v) is 4.66. The van der Waals surface area contributed by atoms with Crippen LogP contribution in [0, 0.1) is 0 Å². The first kappa shape index (κ1) is 12.5. The quantitative estimate of drug-likeness (QED) is 0.712. The highest BCUT2D eigenvalue weighted by atomic mass is 32.1. The van der Waals surface area contributed by atoms with Gasteiger partial charge in [-0.3, -0.25) is 0 Å². The fourth-order valence-corrected chi connectivity index (χ4v) is 3.47. The van der Waals surface area contributed by atoms with Crippen molar-refractivity contribution in [2.24, 2.45) is 0 Å². The number of aromatic amines is 1. The molecule has 1 aliphatic heterocycles. The number of H-pyrrole nitrogens is 1. The lowest BCUT2D eigenvalue weighted by molar-refractivity contribution is -0.341. The second-order valence-corrected chi connectivity index (χ2v) is 5.88. The van der Waals surface area contributed by atoms with Crippen molar-refractivity contribution >= 4 is 32.8 Å². The molecule has 1 fully saturated rings. The highest BCUT2D eigenvalue weighted by Crippen LogP contribution is 2.26. The molecule has 106 valence electrons. The number of fused-ring (bicyclic) bond motifs is 1. The zero-order valence-electron chi connectivity index (χ0n) is 11.4. The van der Waals surface area contributed by atoms with E-state index in [-0.39, 0.29) is 0 Å². The smallest absolute Gasteiger partial charge is 0.289 e. The van der Waals surface area contributed by atoms with Crippen molar-refractivity contribution in [2.75, 3.05) is 36.0 Å². The van der Waals surface area contributed by atoms with Gasteiger partial charge in [-0.05, 0) is 23.5 Å². The molecule has 0 atom stereocenters. The van der Waals surface area contributed by atoms with Crippen molar-refractivity contribution in [1.82, 2.24) is 15.0 Å². The van der Waals surface area contributed by atoms with E-state index in [1.54, 1.807) is 23.7 Å². The van der Waals surface area contributed by atoms with E-state index in [4.69, 9.17) is 4.98 Å². The van der Waals surface area contributed by atoms with Crippen molar-refractivity contribution in [3.63, 3.8) is 0 Å². The maximum Gasteiger partial charge on any atom is 0.289 e. The summed E-state index contributed by atoms with van der Waals surface area (Å²) in [6.45, 7) is 3.73. The van der Waals surface area contributed by atoms with Crippen LogP contribution >= 0.6 is 11.3 Å². The van der Waals surface area contributed by atoms with Crippen molar-refractivity contribution in [3.05, 3.63) is 36.8 Å². The summed E-state index contributed by atoms with van der Waals surface area (Å²) in [4.78, 5) is 22.2. The largest absolute Gasteiger partial charge is 0.344 e. The van der Waals surface area contributed by atoms with Crippen molar-refractivity contribution in [1.29, 1.82) is 0 Å². The van der Waals surface area contributed by atoms with Gasteiger partial charge in [0, 0.05) is 44.6 Å². The first-order valence-electron chi connectivity index (χ1n) is 6.94. The Labute approximate surface area is 126 Å². The maximum absolute atomic E-state index is 4.70. The average Bonchev–Trinajstić information content (AvgIpc) is 3.00. The molecular formula is C14H15N6S+. The molecule has 0 unspecified atom stereocenters. The number of nitrogens with one attached hydrogen (secondary N) is 1. The maximum atomic E-state index is 4.70. The third kappa shape index (κ3) is 2.40. The standard InChI is InChI=1S/C14H14N6S/c1-3-11-12(15-4-1)21-14(18-11)20-9-7-19(8-10-20)13-16-5-2-6-17-13/h1-6H,7-10H2/p+1. The molecule has 7 heteroatoms. The van der Waals surface area contributed by atoms with E-state index >= 15 is 0 Å². The number of piperazine rings is 1. The number of hydrogen-bond donors (Lipinski definition) is 0. The molecule has 0 amide bonds. The monoisotopic (exact) mass is 299 g/mol. The Morgan fingerprint density at radius 2 is 1.76 bits per heavy atom. The molecule has 21 heavy (non-hydrogen) atoms. The van der Waals surface area contributed by atoms with Gasteiger partial charge >= 0.3 is 0 Å². The zero-order chi connectivity index (χ0) is 14.1. The molecule has 6 nitrogen and oxygen atoms in total. The number of aromatic nitrogens is 4. The SMILES string of the molecule is c1cnc(N2CCN(c3nc4ccc[nH+]c4s3)CC2)nc1. The summed E-state index contributed by atoms with van der Waals surface area (Å²) in [5, 5.41) is 1.08. The summed E-state index contributed by atoms with van der Waals surface area (Å²) in [5.41, 5.74) is 1.03. The van der Waals surface area contributed by atoms with Crippen molar-refractivity contribution < 1.29 is 4.98 Å². The van der Waals surface area contributed by atoms with Crippen LogP contribution in [-0.2, 0) is 0 Å². The zero-order valence-corrected chi connectivity index (χ0v) is 12.3. The lowest BCUT2D eigenvalue weighted by Gasteiger charge is -2.34. The summed E-state index contributed by atoms with van der Waals surface area (Å²) in [6, 6.07) is 5.87. The normalized spacial score (nSPS) is 15.6. The van der Waals surface area contributed by atoms with E-state index in [1.807, 2.05) is 24.4 Å². The Kier molecular flexibility index (Phi) is 3.11. The molecule has 4 heterocycles. The molecule has 0 spiro atoms. The van der Waals surface area contributed by atoms with Crippen LogP contribution in [-0.4, -0.2) is 41.1 Å². The summed E-state index contributed by atoms with van der Waals surface area (Å²) in [7, 11) is 0. The van der Waals surface area contributed by atoms with Crippen LogP contribution in [0.3, 0.4) is 0 Å². The van der Waals surface area contributed by atoms with Crippen molar-refractivity contribution in [2.45, 2.75) is 0 Å². The minimum absolute atomic E-state index is 0.815. The molecule has 4 rings (SSSR count). The third-order valence-electron chi connectivity index (χ3n) is 3.59. The second-order valence-electron chi connectivity index (χ2n) is 4.90. The summed E-state index contributed by atoms with van der Waals surface area (Å²) in [5.74, 6) is 0.815. The van der Waals surface area contributed by atoms with Gasteiger partial charge in [-0.15, -0.1) is 0 Å². The number of hydrogen-bond acceptors (Lipinski definition) is 6. The Bertz CT molecular complexity index is 702. The molecule has 0 aromatic carbocycles. The van der Waals surface area contributed by atoms with Crippen LogP contribution in [0.25, 0.3) is 10.3 Å². The number of thiazole rings is 1. The molecule has 0 aliphatic carbocycles. The lowest BCUT2D eigenvalue weighted by atomic mass is 10.3. The van der Waals surface area contributed by atoms with Gasteiger partial charge in [0.1, 0.15) is 5.52 Å². The predicted molar refractivity (Wildman–Crippen MR) is 82.6 cm³/mol. The van der Waals surface area contributed by atoms with Gasteiger partial charge in [-0.2, -0.15) is 0 Å². The Hall–Kier alpha value is -2.28. The van der Waals surface area contributed by atoms with Gasteiger partial charge in [0.15, 0.2) is 11.3 Å². The Balaban J connectivity index is 1.50. The van der Waals surface area contributed by atoms with Crippen LogP contribution in [0.1, 0.15) is 0 Å². The minimum Gasteiger partial charge on any atom is -0.344 e. The van der Waals surface area contributed by atoms with E-state index in [1.165, 1.54) is 0 Å². The number of rotatable bonds is 2. The van der Waals surface area contributed by atoms with Crippen LogP contribution in [0.2, 0.25) is 0 Å². The molecule has 3 aromatic rings. The minimum atomic E-state index is 0.815. The van der Waals surface area contributed by atoms with E-state index < -0.39 is 0 Å². The highest BCUT2D eigenvalue weighted by molar-refractivity contribution is 7.21. The van der Waals surface area contributed by atoms with Gasteiger partial charge in [0.25, 0.3) is 4.83 Å². The van der Waals surface area contributed by atoms with Crippen LogP contribution < -0.4 is 14.8 Å². The first-order valence-corrected chi connectivity index (χ1v) is 7.76. The van der Waals surface area contributed by atoms with Gasteiger partial charge in [-0.25, -0.2) is 19.9 Å². The number of nitrogens with zero attached hydrogens (tertiary/aromatic N) is 5. The van der Waals surface area contributed by atoms with Gasteiger partial charge in [-0.1, -0.05) is 0 Å². The number of anilines is 2. The summed E-state index contributed by atoms with van der Waals surface area (Å²) < 4.78 is 0. The molecule has 0 radical (unpaired) electrons. The number of pyridine rings is 1. The van der Waals surface area contributed by atoms with Gasteiger partial charge < -0.3 is 9.80 Å². The van der Waals surface area contributed by atoms with E-state index in [2.05, 4.69) is 24.8 Å². The van der Waals surface area contributed by atoms with Gasteiger partial charge in [0.2, 0.25) is 5.95 Å². The highest BCUT2D eigenvalue weighted by Gasteiger charge is 2.22.